The van der Waals surface area contributed by atoms with Gasteiger partial charge in [-0.25, -0.2) is 12.8 Å². The van der Waals surface area contributed by atoms with Gasteiger partial charge < -0.3 is 10.2 Å². The summed E-state index contributed by atoms with van der Waals surface area (Å²) in [5, 5.41) is 3.10. The van der Waals surface area contributed by atoms with E-state index in [2.05, 4.69) is 5.32 Å². The minimum atomic E-state index is -3.99. The summed E-state index contributed by atoms with van der Waals surface area (Å²) in [5.74, 6) is -1.74. The fourth-order valence-corrected chi connectivity index (χ4v) is 5.12. The van der Waals surface area contributed by atoms with Crippen molar-refractivity contribution in [1.29, 1.82) is 0 Å². The summed E-state index contributed by atoms with van der Waals surface area (Å²) in [5.41, 5.74) is 1.54. The lowest BCUT2D eigenvalue weighted by atomic mass is 10.0. The van der Waals surface area contributed by atoms with Crippen LogP contribution in [-0.2, 0) is 32.6 Å². The van der Waals surface area contributed by atoms with Gasteiger partial charge in [-0.2, -0.15) is 0 Å². The number of hydrogen-bond acceptors (Lipinski definition) is 4. The molecule has 0 saturated carbocycles. The minimum Gasteiger partial charge on any atom is -0.352 e. The van der Waals surface area contributed by atoms with E-state index in [1.54, 1.807) is 24.3 Å². The molecule has 0 aliphatic rings. The predicted octanol–water partition coefficient (Wildman–Crippen LogP) is 5.06. The first-order chi connectivity index (χ1) is 18.3. The first-order valence-corrected chi connectivity index (χ1v) is 14.8. The minimum absolute atomic E-state index is 0.0147. The Hall–Kier alpha value is -3.14. The van der Waals surface area contributed by atoms with Gasteiger partial charge in [-0.1, -0.05) is 65.7 Å². The second kappa shape index (κ2) is 13.3. The third-order valence-electron chi connectivity index (χ3n) is 5.84. The van der Waals surface area contributed by atoms with Crippen LogP contribution in [0.15, 0.2) is 72.8 Å². The van der Waals surface area contributed by atoms with Crippen molar-refractivity contribution >= 4 is 50.7 Å². The van der Waals surface area contributed by atoms with E-state index in [0.717, 1.165) is 28.3 Å². The molecule has 1 atom stereocenters. The molecule has 0 aromatic heterocycles. The molecule has 0 heterocycles. The van der Waals surface area contributed by atoms with Crippen LogP contribution in [0.2, 0.25) is 10.0 Å². The van der Waals surface area contributed by atoms with E-state index in [9.17, 15) is 22.4 Å². The molecule has 3 aromatic carbocycles. The Labute approximate surface area is 238 Å². The molecule has 3 aromatic rings. The molecular formula is C28H30Cl2FN3O4S. The van der Waals surface area contributed by atoms with Crippen molar-refractivity contribution in [1.82, 2.24) is 10.2 Å². The van der Waals surface area contributed by atoms with Gasteiger partial charge in [0.25, 0.3) is 0 Å². The zero-order valence-electron chi connectivity index (χ0n) is 21.8. The van der Waals surface area contributed by atoms with Crippen LogP contribution in [-0.4, -0.2) is 50.0 Å². The van der Waals surface area contributed by atoms with E-state index in [4.69, 9.17) is 23.2 Å². The Kier molecular flexibility index (Phi) is 10.4. The standard InChI is InChI=1S/C28H30Cl2FN3O4S/c1-19(2)32-28(36)26(15-20-7-5-4-6-8-20)33(17-21-9-11-22(29)12-10-21)27(35)18-34(39(3,37)38)23-13-14-25(31)24(30)16-23/h4-14,16,19,26H,15,17-18H2,1-3H3,(H,32,36)/t26-/m1/s1. The number of carbonyl (C=O) groups excluding carboxylic acids is 2. The average Bonchev–Trinajstić information content (AvgIpc) is 2.87. The van der Waals surface area contributed by atoms with E-state index >= 15 is 0 Å². The van der Waals surface area contributed by atoms with Crippen molar-refractivity contribution in [3.63, 3.8) is 0 Å². The smallest absolute Gasteiger partial charge is 0.244 e. The second-order valence-electron chi connectivity index (χ2n) is 9.38. The van der Waals surface area contributed by atoms with Crippen LogP contribution in [0.25, 0.3) is 0 Å². The van der Waals surface area contributed by atoms with Crippen molar-refractivity contribution in [2.75, 3.05) is 17.1 Å². The lowest BCUT2D eigenvalue weighted by Gasteiger charge is -2.34. The number of nitrogens with one attached hydrogen (secondary N) is 1. The Morgan fingerprint density at radius 2 is 1.59 bits per heavy atom. The molecule has 3 rings (SSSR count). The fourth-order valence-electron chi connectivity index (χ4n) is 3.98. The molecule has 0 aliphatic heterocycles. The van der Waals surface area contributed by atoms with Gasteiger partial charge in [0, 0.05) is 24.0 Å². The summed E-state index contributed by atoms with van der Waals surface area (Å²) in [4.78, 5) is 28.7. The highest BCUT2D eigenvalue weighted by molar-refractivity contribution is 7.92. The molecule has 7 nitrogen and oxygen atoms in total. The molecule has 0 fully saturated rings. The van der Waals surface area contributed by atoms with Gasteiger partial charge in [0.15, 0.2) is 0 Å². The molecule has 1 N–H and O–H groups in total. The number of rotatable bonds is 11. The highest BCUT2D eigenvalue weighted by atomic mass is 35.5. The SMILES string of the molecule is CC(C)NC(=O)[C@@H](Cc1ccccc1)N(Cc1ccc(Cl)cc1)C(=O)CN(c1ccc(F)c(Cl)c1)S(C)(=O)=O. The van der Waals surface area contributed by atoms with Crippen LogP contribution in [0.5, 0.6) is 0 Å². The van der Waals surface area contributed by atoms with Crippen LogP contribution >= 0.6 is 23.2 Å². The van der Waals surface area contributed by atoms with E-state index in [1.807, 2.05) is 44.2 Å². The quantitative estimate of drug-likeness (QED) is 0.336. The Morgan fingerprint density at radius 3 is 2.15 bits per heavy atom. The summed E-state index contributed by atoms with van der Waals surface area (Å²) < 4.78 is 40.1. The molecule has 0 radical (unpaired) electrons. The van der Waals surface area contributed by atoms with Gasteiger partial charge in [0.1, 0.15) is 18.4 Å². The van der Waals surface area contributed by atoms with Crippen LogP contribution in [0.4, 0.5) is 10.1 Å². The topological polar surface area (TPSA) is 86.8 Å². The predicted molar refractivity (Wildman–Crippen MR) is 153 cm³/mol. The van der Waals surface area contributed by atoms with Gasteiger partial charge in [-0.15, -0.1) is 0 Å². The van der Waals surface area contributed by atoms with Crippen molar-refractivity contribution in [3.8, 4) is 0 Å². The number of hydrogen-bond donors (Lipinski definition) is 1. The van der Waals surface area contributed by atoms with E-state index in [1.165, 1.54) is 11.0 Å². The number of benzene rings is 3. The first kappa shape index (κ1) is 30.4. The van der Waals surface area contributed by atoms with Crippen LogP contribution in [0.3, 0.4) is 0 Å². The first-order valence-electron chi connectivity index (χ1n) is 12.2. The van der Waals surface area contributed by atoms with Crippen molar-refractivity contribution < 1.29 is 22.4 Å². The largest absolute Gasteiger partial charge is 0.352 e. The van der Waals surface area contributed by atoms with Crippen LogP contribution in [0, 0.1) is 5.82 Å². The third kappa shape index (κ3) is 8.68. The van der Waals surface area contributed by atoms with E-state index in [0.29, 0.717) is 10.6 Å². The number of amides is 2. The molecular weight excluding hydrogens is 564 g/mol. The molecule has 0 saturated heterocycles. The van der Waals surface area contributed by atoms with E-state index in [-0.39, 0.29) is 35.6 Å². The summed E-state index contributed by atoms with van der Waals surface area (Å²) in [6, 6.07) is 18.3. The molecule has 0 bridgehead atoms. The van der Waals surface area contributed by atoms with Gasteiger partial charge >= 0.3 is 0 Å². The lowest BCUT2D eigenvalue weighted by Crippen LogP contribution is -2.54. The fraction of sp³-hybridized carbons (Fsp3) is 0.286. The monoisotopic (exact) mass is 593 g/mol. The van der Waals surface area contributed by atoms with Crippen LogP contribution in [0.1, 0.15) is 25.0 Å². The molecule has 11 heteroatoms. The van der Waals surface area contributed by atoms with E-state index < -0.39 is 34.3 Å². The van der Waals surface area contributed by atoms with Gasteiger partial charge in [-0.05, 0) is 55.3 Å². The number of anilines is 1. The van der Waals surface area contributed by atoms with Crippen molar-refractivity contribution in [2.45, 2.75) is 38.9 Å². The summed E-state index contributed by atoms with van der Waals surface area (Å²) in [6.07, 6.45) is 1.13. The third-order valence-corrected chi connectivity index (χ3v) is 7.52. The molecule has 2 amide bonds. The lowest BCUT2D eigenvalue weighted by molar-refractivity contribution is -0.140. The maximum Gasteiger partial charge on any atom is 0.244 e. The zero-order chi connectivity index (χ0) is 28.7. The maximum absolute atomic E-state index is 13.9. The second-order valence-corrected chi connectivity index (χ2v) is 12.1. The summed E-state index contributed by atoms with van der Waals surface area (Å²) >= 11 is 11.9. The Morgan fingerprint density at radius 1 is 0.949 bits per heavy atom. The molecule has 39 heavy (non-hydrogen) atoms. The molecule has 0 spiro atoms. The Balaban J connectivity index is 2.06. The number of halogens is 3. The normalized spacial score (nSPS) is 12.2. The Bertz CT molecular complexity index is 1400. The summed E-state index contributed by atoms with van der Waals surface area (Å²) in [7, 11) is -3.99. The van der Waals surface area contributed by atoms with Crippen LogP contribution < -0.4 is 9.62 Å². The zero-order valence-corrected chi connectivity index (χ0v) is 24.1. The summed E-state index contributed by atoms with van der Waals surface area (Å²) in [6.45, 7) is 3.01. The molecule has 0 unspecified atom stereocenters. The number of carbonyl (C=O) groups is 2. The van der Waals surface area contributed by atoms with Gasteiger partial charge in [-0.3, -0.25) is 13.9 Å². The van der Waals surface area contributed by atoms with Gasteiger partial charge in [0.2, 0.25) is 21.8 Å². The molecule has 0 aliphatic carbocycles. The number of sulfonamides is 1. The number of nitrogens with zero attached hydrogens (tertiary/aromatic N) is 2. The van der Waals surface area contributed by atoms with Gasteiger partial charge in [0.05, 0.1) is 17.0 Å². The highest BCUT2D eigenvalue weighted by Gasteiger charge is 2.33. The average molecular weight is 595 g/mol. The van der Waals surface area contributed by atoms with Crippen molar-refractivity contribution in [3.05, 3.63) is 99.8 Å². The molecule has 208 valence electrons. The van der Waals surface area contributed by atoms with Crippen molar-refractivity contribution in [2.24, 2.45) is 0 Å². The highest BCUT2D eigenvalue weighted by Crippen LogP contribution is 2.25. The maximum atomic E-state index is 13.9.